The fraction of sp³-hybridized carbons (Fsp3) is 1.00. The molecule has 1 heterocycles. The summed E-state index contributed by atoms with van der Waals surface area (Å²) in [6.07, 6.45) is 6.41. The summed E-state index contributed by atoms with van der Waals surface area (Å²) in [5.74, 6) is 0. The minimum Gasteiger partial charge on any atom is -0.420 e. The van der Waals surface area contributed by atoms with Gasteiger partial charge in [0.1, 0.15) is 0 Å². The molecule has 1 saturated carbocycles. The summed E-state index contributed by atoms with van der Waals surface area (Å²) in [5, 5.41) is 0. The summed E-state index contributed by atoms with van der Waals surface area (Å²) in [7, 11) is -0.904. The van der Waals surface area contributed by atoms with Crippen molar-refractivity contribution in [3.63, 3.8) is 0 Å². The molecule has 0 amide bonds. The monoisotopic (exact) mass is 214 g/mol. The van der Waals surface area contributed by atoms with Crippen molar-refractivity contribution in [2.24, 2.45) is 0 Å². The lowest BCUT2D eigenvalue weighted by Gasteiger charge is -2.26. The molecule has 4 unspecified atom stereocenters. The highest BCUT2D eigenvalue weighted by molar-refractivity contribution is 6.53. The van der Waals surface area contributed by atoms with Crippen molar-refractivity contribution in [1.82, 2.24) is 0 Å². The quantitative estimate of drug-likeness (QED) is 0.518. The molecule has 3 heteroatoms. The van der Waals surface area contributed by atoms with E-state index in [-0.39, 0.29) is 0 Å². The van der Waals surface area contributed by atoms with Crippen LogP contribution in [0.5, 0.6) is 0 Å². The first-order chi connectivity index (χ1) is 6.85. The Kier molecular flexibility index (Phi) is 3.63. The van der Waals surface area contributed by atoms with E-state index in [1.807, 2.05) is 0 Å². The summed E-state index contributed by atoms with van der Waals surface area (Å²) in [6.45, 7) is 5.48. The normalized spacial score (nSPS) is 37.7. The Balaban J connectivity index is 1.78. The van der Waals surface area contributed by atoms with Crippen molar-refractivity contribution < 1.29 is 9.16 Å². The third kappa shape index (κ3) is 2.38. The maximum Gasteiger partial charge on any atom is 0.179 e. The molecule has 1 saturated heterocycles. The van der Waals surface area contributed by atoms with Gasteiger partial charge in [-0.3, -0.25) is 0 Å². The summed E-state index contributed by atoms with van der Waals surface area (Å²) >= 11 is 0. The minimum atomic E-state index is -0.904. The van der Waals surface area contributed by atoms with Gasteiger partial charge < -0.3 is 9.16 Å². The Hall–Kier alpha value is 0.137. The fourth-order valence-electron chi connectivity index (χ4n) is 2.63. The van der Waals surface area contributed by atoms with Gasteiger partial charge in [0.2, 0.25) is 0 Å². The van der Waals surface area contributed by atoms with Crippen LogP contribution in [-0.4, -0.2) is 27.9 Å². The third-order valence-corrected chi connectivity index (χ3v) is 6.63. The van der Waals surface area contributed by atoms with Crippen LogP contribution in [0.1, 0.15) is 39.5 Å². The van der Waals surface area contributed by atoms with Gasteiger partial charge in [-0.15, -0.1) is 0 Å². The Labute approximate surface area is 88.7 Å². The number of hydrogen-bond donors (Lipinski definition) is 0. The van der Waals surface area contributed by atoms with Crippen molar-refractivity contribution in [1.29, 1.82) is 0 Å². The number of hydrogen-bond acceptors (Lipinski definition) is 2. The largest absolute Gasteiger partial charge is 0.420 e. The molecule has 2 aliphatic rings. The molecule has 4 atom stereocenters. The van der Waals surface area contributed by atoms with E-state index in [1.54, 1.807) is 0 Å². The van der Waals surface area contributed by atoms with E-state index in [0.29, 0.717) is 12.2 Å². The highest BCUT2D eigenvalue weighted by atomic mass is 28.3. The maximum atomic E-state index is 6.03. The minimum absolute atomic E-state index is 0.625. The van der Waals surface area contributed by atoms with Gasteiger partial charge in [-0.25, -0.2) is 0 Å². The van der Waals surface area contributed by atoms with Crippen LogP contribution in [0, 0.1) is 0 Å². The van der Waals surface area contributed by atoms with Crippen molar-refractivity contribution in [2.75, 3.05) is 6.61 Å². The van der Waals surface area contributed by atoms with Crippen LogP contribution in [0.15, 0.2) is 0 Å². The highest BCUT2D eigenvalue weighted by Crippen LogP contribution is 2.44. The van der Waals surface area contributed by atoms with E-state index in [1.165, 1.54) is 31.7 Å². The zero-order chi connectivity index (χ0) is 9.97. The summed E-state index contributed by atoms with van der Waals surface area (Å²) in [4.78, 5) is 0. The molecule has 14 heavy (non-hydrogen) atoms. The van der Waals surface area contributed by atoms with Crippen LogP contribution in [0.4, 0.5) is 0 Å². The first-order valence-corrected chi connectivity index (χ1v) is 8.07. The van der Waals surface area contributed by atoms with Gasteiger partial charge >= 0.3 is 0 Å². The Bertz CT molecular complexity index is 186. The third-order valence-electron chi connectivity index (χ3n) is 3.51. The molecule has 2 nitrogen and oxygen atoms in total. The van der Waals surface area contributed by atoms with E-state index < -0.39 is 9.04 Å². The molecule has 0 spiro atoms. The molecule has 0 aromatic carbocycles. The van der Waals surface area contributed by atoms with Gasteiger partial charge in [-0.05, 0) is 37.3 Å². The topological polar surface area (TPSA) is 21.8 Å². The predicted molar refractivity (Wildman–Crippen MR) is 60.1 cm³/mol. The standard InChI is InChI=1S/C11H22O2Si/c1-3-7-12-14(4-2)9-5-6-10-11(8-9)13-10/h9-11,14H,3-8H2,1-2H3. The Morgan fingerprint density at radius 2 is 2.14 bits per heavy atom. The predicted octanol–water partition coefficient (Wildman–Crippen LogP) is 2.48. The van der Waals surface area contributed by atoms with Crippen LogP contribution < -0.4 is 0 Å². The number of fused-ring (bicyclic) bond motifs is 1. The molecule has 0 N–H and O–H groups in total. The molecule has 0 bridgehead atoms. The second-order valence-corrected chi connectivity index (χ2v) is 7.77. The van der Waals surface area contributed by atoms with E-state index in [0.717, 1.165) is 12.1 Å². The number of epoxide rings is 1. The molecule has 0 radical (unpaired) electrons. The van der Waals surface area contributed by atoms with Crippen LogP contribution in [-0.2, 0) is 9.16 Å². The molecule has 1 aliphatic carbocycles. The molecular formula is C11H22O2Si. The SMILES string of the molecule is CCCO[SiH](CC)C1CCC2OC2C1. The van der Waals surface area contributed by atoms with Gasteiger partial charge in [0.15, 0.2) is 9.04 Å². The van der Waals surface area contributed by atoms with Crippen molar-refractivity contribution in [3.05, 3.63) is 0 Å². The van der Waals surface area contributed by atoms with Crippen LogP contribution in [0.25, 0.3) is 0 Å². The number of ether oxygens (including phenoxy) is 1. The van der Waals surface area contributed by atoms with Gasteiger partial charge in [-0.2, -0.15) is 0 Å². The lowest BCUT2D eigenvalue weighted by molar-refractivity contribution is 0.303. The van der Waals surface area contributed by atoms with Crippen LogP contribution >= 0.6 is 0 Å². The molecule has 1 aliphatic heterocycles. The Morgan fingerprint density at radius 1 is 1.29 bits per heavy atom. The maximum absolute atomic E-state index is 6.03. The van der Waals surface area contributed by atoms with Crippen molar-refractivity contribution in [2.45, 2.75) is 63.3 Å². The Morgan fingerprint density at radius 3 is 2.79 bits per heavy atom. The van der Waals surface area contributed by atoms with Crippen LogP contribution in [0.3, 0.4) is 0 Å². The average Bonchev–Trinajstić information content (AvgIpc) is 2.97. The molecule has 0 aromatic rings. The smallest absolute Gasteiger partial charge is 0.179 e. The summed E-state index contributed by atoms with van der Waals surface area (Å²) < 4.78 is 11.6. The number of rotatable bonds is 5. The first-order valence-electron chi connectivity index (χ1n) is 6.12. The van der Waals surface area contributed by atoms with Gasteiger partial charge in [0, 0.05) is 6.61 Å². The average molecular weight is 214 g/mol. The van der Waals surface area contributed by atoms with E-state index in [2.05, 4.69) is 13.8 Å². The van der Waals surface area contributed by atoms with E-state index >= 15 is 0 Å². The molecular weight excluding hydrogens is 192 g/mol. The van der Waals surface area contributed by atoms with Crippen molar-refractivity contribution in [3.8, 4) is 0 Å². The van der Waals surface area contributed by atoms with Gasteiger partial charge in [-0.1, -0.05) is 13.8 Å². The highest BCUT2D eigenvalue weighted by Gasteiger charge is 2.45. The summed E-state index contributed by atoms with van der Waals surface area (Å²) in [5.41, 5.74) is 0.898. The zero-order valence-corrected chi connectivity index (χ0v) is 10.5. The lowest BCUT2D eigenvalue weighted by Crippen LogP contribution is -2.28. The molecule has 0 aromatic heterocycles. The zero-order valence-electron chi connectivity index (χ0n) is 9.37. The van der Waals surface area contributed by atoms with E-state index in [9.17, 15) is 0 Å². The second kappa shape index (κ2) is 4.77. The van der Waals surface area contributed by atoms with Crippen LogP contribution in [0.2, 0.25) is 11.6 Å². The molecule has 82 valence electrons. The fourth-order valence-corrected chi connectivity index (χ4v) is 5.48. The summed E-state index contributed by atoms with van der Waals surface area (Å²) in [6, 6.07) is 1.29. The van der Waals surface area contributed by atoms with Gasteiger partial charge in [0.25, 0.3) is 0 Å². The second-order valence-electron chi connectivity index (χ2n) is 4.60. The first kappa shape index (κ1) is 10.6. The van der Waals surface area contributed by atoms with Gasteiger partial charge in [0.05, 0.1) is 12.2 Å². The molecule has 2 fully saturated rings. The molecule has 2 rings (SSSR count). The van der Waals surface area contributed by atoms with E-state index in [4.69, 9.17) is 9.16 Å². The lowest BCUT2D eigenvalue weighted by atomic mass is 10.0. The van der Waals surface area contributed by atoms with Crippen molar-refractivity contribution >= 4 is 9.04 Å².